The Morgan fingerprint density at radius 1 is 0.943 bits per heavy atom. The first-order chi connectivity index (χ1) is 17.2. The van der Waals surface area contributed by atoms with Crippen LogP contribution in [0.15, 0.2) is 85.1 Å². The molecule has 1 fully saturated rings. The molecule has 0 bridgehead atoms. The number of benzene rings is 3. The normalized spacial score (nSPS) is 15.1. The molecular weight excluding hydrogens is 432 g/mol. The highest BCUT2D eigenvalue weighted by Gasteiger charge is 2.25. The molecule has 1 unspecified atom stereocenters. The molecule has 1 N–H and O–H groups in total. The Kier molecular flexibility index (Phi) is 7.17. The number of hydrogen-bond donors (Lipinski definition) is 1. The molecule has 0 saturated heterocycles. The lowest BCUT2D eigenvalue weighted by Crippen LogP contribution is -2.36. The summed E-state index contributed by atoms with van der Waals surface area (Å²) in [5, 5.41) is 4.54. The first-order valence-corrected chi connectivity index (χ1v) is 12.9. The third kappa shape index (κ3) is 5.43. The van der Waals surface area contributed by atoms with Gasteiger partial charge in [-0.1, -0.05) is 67.8 Å². The van der Waals surface area contributed by atoms with Crippen LogP contribution in [0.1, 0.15) is 62.5 Å². The number of nitrogens with zero attached hydrogens (tertiary/aromatic N) is 1. The molecule has 1 aromatic heterocycles. The number of nitrogens with one attached hydrogen (secondary N) is 1. The number of carbonyl (C=O) groups excluding carboxylic acids is 1. The number of para-hydroxylation sites is 2. The van der Waals surface area contributed by atoms with Gasteiger partial charge in [0.1, 0.15) is 11.5 Å². The fraction of sp³-hybridized carbons (Fsp3) is 0.323. The Morgan fingerprint density at radius 3 is 2.49 bits per heavy atom. The average molecular weight is 467 g/mol. The van der Waals surface area contributed by atoms with E-state index in [1.807, 2.05) is 42.5 Å². The Morgan fingerprint density at radius 2 is 1.69 bits per heavy atom. The molecular formula is C31H34N2O2. The first-order valence-electron chi connectivity index (χ1n) is 12.9. The Bertz CT molecular complexity index is 1270. The highest BCUT2D eigenvalue weighted by Crippen LogP contribution is 2.37. The second kappa shape index (κ2) is 10.8. The summed E-state index contributed by atoms with van der Waals surface area (Å²) in [5.41, 5.74) is 3.49. The van der Waals surface area contributed by atoms with Gasteiger partial charge in [-0.15, -0.1) is 0 Å². The third-order valence-corrected chi connectivity index (χ3v) is 7.13. The van der Waals surface area contributed by atoms with Crippen LogP contribution in [0.5, 0.6) is 11.5 Å². The average Bonchev–Trinajstić information content (AvgIpc) is 3.27. The molecule has 5 rings (SSSR count). The van der Waals surface area contributed by atoms with Crippen LogP contribution >= 0.6 is 0 Å². The van der Waals surface area contributed by atoms with Gasteiger partial charge in [-0.25, -0.2) is 0 Å². The second-order valence-corrected chi connectivity index (χ2v) is 9.53. The van der Waals surface area contributed by atoms with E-state index in [1.165, 1.54) is 35.7 Å². The number of aromatic nitrogens is 1. The van der Waals surface area contributed by atoms with Crippen molar-refractivity contribution in [3.63, 3.8) is 0 Å². The van der Waals surface area contributed by atoms with E-state index in [9.17, 15) is 4.79 Å². The van der Waals surface area contributed by atoms with E-state index in [0.29, 0.717) is 12.5 Å². The number of rotatable bonds is 8. The van der Waals surface area contributed by atoms with Crippen LogP contribution in [0.2, 0.25) is 0 Å². The van der Waals surface area contributed by atoms with Crippen molar-refractivity contribution in [1.29, 1.82) is 0 Å². The summed E-state index contributed by atoms with van der Waals surface area (Å²) in [7, 11) is 0. The van der Waals surface area contributed by atoms with E-state index in [4.69, 9.17) is 4.74 Å². The summed E-state index contributed by atoms with van der Waals surface area (Å²) in [6.07, 6.45) is 8.52. The lowest BCUT2D eigenvalue weighted by molar-refractivity contribution is -0.122. The molecule has 1 heterocycles. The molecule has 3 aromatic carbocycles. The van der Waals surface area contributed by atoms with E-state index in [-0.39, 0.29) is 11.8 Å². The summed E-state index contributed by atoms with van der Waals surface area (Å²) in [4.78, 5) is 13.3. The van der Waals surface area contributed by atoms with Gasteiger partial charge in [-0.05, 0) is 61.2 Å². The molecule has 1 atom stereocenters. The third-order valence-electron chi connectivity index (χ3n) is 7.13. The maximum absolute atomic E-state index is 13.3. The van der Waals surface area contributed by atoms with Crippen molar-refractivity contribution in [2.45, 2.75) is 64.0 Å². The van der Waals surface area contributed by atoms with Gasteiger partial charge in [0.25, 0.3) is 0 Å². The Balaban J connectivity index is 1.49. The van der Waals surface area contributed by atoms with Crippen molar-refractivity contribution in [2.24, 2.45) is 0 Å². The molecule has 1 saturated carbocycles. The van der Waals surface area contributed by atoms with E-state index >= 15 is 0 Å². The lowest BCUT2D eigenvalue weighted by Gasteiger charge is -2.24. The fourth-order valence-electron chi connectivity index (χ4n) is 5.36. The highest BCUT2D eigenvalue weighted by molar-refractivity contribution is 5.86. The summed E-state index contributed by atoms with van der Waals surface area (Å²) in [6, 6.07) is 26.8. The van der Waals surface area contributed by atoms with Crippen LogP contribution in [0, 0.1) is 0 Å². The van der Waals surface area contributed by atoms with E-state index in [2.05, 4.69) is 59.4 Å². The van der Waals surface area contributed by atoms with Crippen LogP contribution in [-0.4, -0.2) is 16.5 Å². The standard InChI is InChI=1S/C31H34N2O2/c1-2-33-22-29(27-18-9-10-19-30(27)33)28(21-31(34)32-24-13-5-3-6-14-24)23-12-11-17-26(20-23)35-25-15-7-4-8-16-25/h4,7-12,15-20,22,24,28H,2-3,5-6,13-14,21H2,1H3,(H,32,34). The molecule has 0 aliphatic heterocycles. The molecule has 0 spiro atoms. The van der Waals surface area contributed by atoms with Gasteiger partial charge < -0.3 is 14.6 Å². The van der Waals surface area contributed by atoms with Crippen molar-refractivity contribution in [1.82, 2.24) is 9.88 Å². The van der Waals surface area contributed by atoms with Gasteiger partial charge in [0.2, 0.25) is 5.91 Å². The Hall–Kier alpha value is -3.53. The molecule has 1 aliphatic rings. The van der Waals surface area contributed by atoms with Gasteiger partial charge >= 0.3 is 0 Å². The first kappa shape index (κ1) is 23.2. The topological polar surface area (TPSA) is 43.3 Å². The fourth-order valence-corrected chi connectivity index (χ4v) is 5.36. The van der Waals surface area contributed by atoms with Gasteiger partial charge in [0.05, 0.1) is 0 Å². The molecule has 4 heteroatoms. The minimum absolute atomic E-state index is 0.0596. The minimum atomic E-state index is -0.0596. The van der Waals surface area contributed by atoms with Gasteiger partial charge in [-0.3, -0.25) is 4.79 Å². The molecule has 1 amide bonds. The van der Waals surface area contributed by atoms with Crippen LogP contribution < -0.4 is 10.1 Å². The van der Waals surface area contributed by atoms with E-state index in [0.717, 1.165) is 36.4 Å². The number of carbonyl (C=O) groups is 1. The van der Waals surface area contributed by atoms with Crippen LogP contribution in [0.4, 0.5) is 0 Å². The van der Waals surface area contributed by atoms with Gasteiger partial charge in [-0.2, -0.15) is 0 Å². The molecule has 1 aliphatic carbocycles. The monoisotopic (exact) mass is 466 g/mol. The maximum Gasteiger partial charge on any atom is 0.221 e. The quantitative estimate of drug-likeness (QED) is 0.293. The van der Waals surface area contributed by atoms with E-state index < -0.39 is 0 Å². The summed E-state index contributed by atoms with van der Waals surface area (Å²) in [6.45, 7) is 3.05. The van der Waals surface area contributed by atoms with Crippen molar-refractivity contribution in [2.75, 3.05) is 0 Å². The van der Waals surface area contributed by atoms with Gasteiger partial charge in [0, 0.05) is 42.0 Å². The minimum Gasteiger partial charge on any atom is -0.457 e. The largest absolute Gasteiger partial charge is 0.457 e. The summed E-state index contributed by atoms with van der Waals surface area (Å²) < 4.78 is 8.42. The number of ether oxygens (including phenoxy) is 1. The molecule has 4 aromatic rings. The predicted molar refractivity (Wildman–Crippen MR) is 142 cm³/mol. The van der Waals surface area contributed by atoms with E-state index in [1.54, 1.807) is 0 Å². The number of aryl methyl sites for hydroxylation is 1. The zero-order valence-electron chi connectivity index (χ0n) is 20.5. The molecule has 180 valence electrons. The van der Waals surface area contributed by atoms with Crippen LogP contribution in [-0.2, 0) is 11.3 Å². The zero-order valence-corrected chi connectivity index (χ0v) is 20.5. The maximum atomic E-state index is 13.3. The second-order valence-electron chi connectivity index (χ2n) is 9.53. The van der Waals surface area contributed by atoms with Gasteiger partial charge in [0.15, 0.2) is 0 Å². The molecule has 0 radical (unpaired) electrons. The number of fused-ring (bicyclic) bond motifs is 1. The predicted octanol–water partition coefficient (Wildman–Crippen LogP) is 7.42. The SMILES string of the molecule is CCn1cc(C(CC(=O)NC2CCCCC2)c2cccc(Oc3ccccc3)c2)c2ccccc21. The zero-order chi connectivity index (χ0) is 24.0. The van der Waals surface area contributed by atoms with Crippen molar-refractivity contribution < 1.29 is 9.53 Å². The Labute approximate surface area is 207 Å². The summed E-state index contributed by atoms with van der Waals surface area (Å²) >= 11 is 0. The number of amides is 1. The van der Waals surface area contributed by atoms with Crippen molar-refractivity contribution in [3.8, 4) is 11.5 Å². The van der Waals surface area contributed by atoms with Crippen molar-refractivity contribution in [3.05, 3.63) is 96.2 Å². The lowest BCUT2D eigenvalue weighted by atomic mass is 9.87. The van der Waals surface area contributed by atoms with Crippen LogP contribution in [0.25, 0.3) is 10.9 Å². The van der Waals surface area contributed by atoms with Crippen LogP contribution in [0.3, 0.4) is 0 Å². The summed E-state index contributed by atoms with van der Waals surface area (Å²) in [5.74, 6) is 1.66. The highest BCUT2D eigenvalue weighted by atomic mass is 16.5. The van der Waals surface area contributed by atoms with Crippen molar-refractivity contribution >= 4 is 16.8 Å². The number of hydrogen-bond acceptors (Lipinski definition) is 2. The molecule has 4 nitrogen and oxygen atoms in total. The molecule has 35 heavy (non-hydrogen) atoms. The smallest absolute Gasteiger partial charge is 0.221 e.